The Hall–Kier alpha value is 0.415. The van der Waals surface area contributed by atoms with Crippen molar-refractivity contribution >= 4 is 6.91 Å². The molecule has 1 aromatic heterocycles. The summed E-state index contributed by atoms with van der Waals surface area (Å²) in [7, 11) is 0. The molecule has 1 heterocycles. The van der Waals surface area contributed by atoms with Gasteiger partial charge in [0, 0.05) is 0 Å². The molecule has 0 aliphatic heterocycles. The number of rotatable bonds is 0. The topological polar surface area (TPSA) is 0 Å². The minimum atomic E-state index is 0. The number of hydrogen-bond donors (Lipinski definition) is 0. The zero-order valence-electron chi connectivity index (χ0n) is 5.46. The molecule has 0 saturated heterocycles. The summed E-state index contributed by atoms with van der Waals surface area (Å²) < 4.78 is 0. The normalized spacial score (nSPS) is 6.29. The first kappa shape index (κ1) is 7.41. The fourth-order valence-electron chi connectivity index (χ4n) is 0.385. The first-order valence-corrected chi connectivity index (χ1v) is 2.00. The summed E-state index contributed by atoms with van der Waals surface area (Å²) in [5.41, 5.74) is 0. The summed E-state index contributed by atoms with van der Waals surface area (Å²) in [4.78, 5) is 0. The van der Waals surface area contributed by atoms with Gasteiger partial charge in [0.2, 0.25) is 0 Å². The maximum atomic E-state index is 2.00. The zero-order chi connectivity index (χ0) is 4.24. The average molecular weight is 99.9 g/mol. The van der Waals surface area contributed by atoms with Gasteiger partial charge in [-0.2, -0.15) is 0 Å². The van der Waals surface area contributed by atoms with E-state index in [4.69, 9.17) is 0 Å². The van der Waals surface area contributed by atoms with E-state index in [2.05, 4.69) is 0 Å². The van der Waals surface area contributed by atoms with Crippen LogP contribution in [0, 0.1) is 0 Å². The molecule has 0 spiro atoms. The summed E-state index contributed by atoms with van der Waals surface area (Å²) in [6.45, 7) is 2.00. The van der Waals surface area contributed by atoms with Gasteiger partial charge in [0.1, 0.15) is 0 Å². The van der Waals surface area contributed by atoms with Gasteiger partial charge in [-0.05, 0) is 0 Å². The fraction of sp³-hybridized carbons (Fsp3) is 0. The molecule has 0 aliphatic rings. The van der Waals surface area contributed by atoms with E-state index in [1.165, 1.54) is 0 Å². The van der Waals surface area contributed by atoms with Gasteiger partial charge >= 0.3 is 66.6 Å². The molecular weight excluding hydrogens is 93.9 g/mol. The van der Waals surface area contributed by atoms with E-state index in [9.17, 15) is 0 Å². The quantitative estimate of drug-likeness (QED) is 0.335. The zero-order valence-corrected chi connectivity index (χ0v) is 6.46. The summed E-state index contributed by atoms with van der Waals surface area (Å²) >= 11 is 0. The second-order valence-corrected chi connectivity index (χ2v) is 1.15. The molecule has 2 heteroatoms. The summed E-state index contributed by atoms with van der Waals surface area (Å²) in [5, 5.41) is 0. The van der Waals surface area contributed by atoms with Gasteiger partial charge in [0.25, 0.3) is 0 Å². The Morgan fingerprint density at radius 3 is 1.71 bits per heavy atom. The van der Waals surface area contributed by atoms with E-state index in [0.29, 0.717) is 0 Å². The summed E-state index contributed by atoms with van der Waals surface area (Å²) in [5.74, 6) is 4.00. The van der Waals surface area contributed by atoms with Crippen molar-refractivity contribution in [2.75, 3.05) is 0 Å². The number of hydrogen-bond acceptors (Lipinski definition) is 0. The Labute approximate surface area is 67.9 Å². The van der Waals surface area contributed by atoms with Crippen LogP contribution in [0.2, 0.25) is 0 Å². The van der Waals surface area contributed by atoms with Crippen LogP contribution in [0.4, 0.5) is 0 Å². The summed E-state index contributed by atoms with van der Waals surface area (Å²) in [6.07, 6.45) is 0. The van der Waals surface area contributed by atoms with E-state index in [-0.39, 0.29) is 31.0 Å². The van der Waals surface area contributed by atoms with Gasteiger partial charge in [0.05, 0.1) is 0 Å². The Bertz CT molecular complexity index is 84.4. The first-order valence-electron chi connectivity index (χ1n) is 2.00. The van der Waals surface area contributed by atoms with Crippen molar-refractivity contribution in [3.63, 3.8) is 0 Å². The standard InChI is InChI=1S/C5H5B.Na.H/c1-2-4-6-5-3-1;;/h1-5H;;/q;+1;-1. The minimum absolute atomic E-state index is 0. The fourth-order valence-corrected chi connectivity index (χ4v) is 0.385. The molecular formula is C5H6BNa. The monoisotopic (exact) mass is 100 g/mol. The molecule has 0 aliphatic carbocycles. The third-order valence-electron chi connectivity index (χ3n) is 0.667. The van der Waals surface area contributed by atoms with Crippen molar-refractivity contribution in [1.29, 1.82) is 0 Å². The molecule has 0 fully saturated rings. The molecule has 7 heavy (non-hydrogen) atoms. The van der Waals surface area contributed by atoms with Gasteiger partial charge in [-0.1, -0.05) is 0 Å². The van der Waals surface area contributed by atoms with Crippen LogP contribution in [0.3, 0.4) is 0 Å². The van der Waals surface area contributed by atoms with Crippen molar-refractivity contribution in [3.05, 3.63) is 30.1 Å². The maximum absolute atomic E-state index is 2.00. The van der Waals surface area contributed by atoms with E-state index in [1.807, 2.05) is 37.0 Å². The van der Waals surface area contributed by atoms with Crippen LogP contribution in [-0.2, 0) is 0 Å². The molecule has 1 rings (SSSR count). The van der Waals surface area contributed by atoms with Gasteiger partial charge < -0.3 is 1.43 Å². The van der Waals surface area contributed by atoms with Crippen LogP contribution < -0.4 is 29.6 Å². The molecule has 0 amide bonds. The van der Waals surface area contributed by atoms with Gasteiger partial charge in [-0.25, -0.2) is 0 Å². The molecule has 0 radical (unpaired) electrons. The van der Waals surface area contributed by atoms with Crippen LogP contribution in [0.15, 0.2) is 30.1 Å². The first-order chi connectivity index (χ1) is 3.00. The second-order valence-electron chi connectivity index (χ2n) is 1.15. The van der Waals surface area contributed by atoms with Crippen LogP contribution in [-0.4, -0.2) is 6.91 Å². The van der Waals surface area contributed by atoms with Crippen LogP contribution in [0.25, 0.3) is 0 Å². The third kappa shape index (κ3) is 3.04. The van der Waals surface area contributed by atoms with Gasteiger partial charge in [-0.15, -0.1) is 0 Å². The van der Waals surface area contributed by atoms with E-state index < -0.39 is 0 Å². The second kappa shape index (κ2) is 4.57. The van der Waals surface area contributed by atoms with Crippen molar-refractivity contribution in [3.8, 4) is 0 Å². The molecule has 30 valence electrons. The third-order valence-corrected chi connectivity index (χ3v) is 0.667. The Kier molecular flexibility index (Phi) is 4.84. The average Bonchev–Trinajstić information content (AvgIpc) is 1.72. The van der Waals surface area contributed by atoms with Crippen molar-refractivity contribution in [2.45, 2.75) is 0 Å². The molecule has 0 aromatic carbocycles. The predicted octanol–water partition coefficient (Wildman–Crippen LogP) is -1.86. The van der Waals surface area contributed by atoms with Crippen molar-refractivity contribution in [2.24, 2.45) is 0 Å². The molecule has 1 aromatic rings. The van der Waals surface area contributed by atoms with Crippen molar-refractivity contribution in [1.82, 2.24) is 0 Å². The van der Waals surface area contributed by atoms with E-state index >= 15 is 0 Å². The van der Waals surface area contributed by atoms with Gasteiger partial charge in [0.15, 0.2) is 0 Å². The molecule has 0 atom stereocenters. The van der Waals surface area contributed by atoms with Crippen LogP contribution in [0.5, 0.6) is 0 Å². The summed E-state index contributed by atoms with van der Waals surface area (Å²) in [6, 6.07) is 6.00. The SMILES string of the molecule is [H-].[Na+].b1ccccc1. The van der Waals surface area contributed by atoms with E-state index in [0.717, 1.165) is 0 Å². The van der Waals surface area contributed by atoms with Crippen LogP contribution in [0.1, 0.15) is 1.43 Å². The molecule has 0 N–H and O–H groups in total. The Morgan fingerprint density at radius 1 is 1.00 bits per heavy atom. The molecule has 0 bridgehead atoms. The Morgan fingerprint density at radius 2 is 1.57 bits per heavy atom. The predicted molar refractivity (Wildman–Crippen MR) is 28.9 cm³/mol. The van der Waals surface area contributed by atoms with Crippen LogP contribution >= 0.6 is 0 Å². The molecule has 0 unspecified atom stereocenters. The van der Waals surface area contributed by atoms with E-state index in [1.54, 1.807) is 0 Å². The Balaban J connectivity index is 0. The molecule has 0 saturated carbocycles. The molecule has 0 nitrogen and oxygen atoms in total. The van der Waals surface area contributed by atoms with Gasteiger partial charge in [-0.3, -0.25) is 0 Å². The van der Waals surface area contributed by atoms with Crippen molar-refractivity contribution < 1.29 is 31.0 Å².